The van der Waals surface area contributed by atoms with Gasteiger partial charge in [0.1, 0.15) is 0 Å². The van der Waals surface area contributed by atoms with Crippen LogP contribution in [0.1, 0.15) is 71.1 Å². The van der Waals surface area contributed by atoms with Crippen LogP contribution in [0.4, 0.5) is 4.79 Å². The first-order chi connectivity index (χ1) is 12.9. The van der Waals surface area contributed by atoms with Crippen LogP contribution in [0.5, 0.6) is 0 Å². The van der Waals surface area contributed by atoms with Crippen molar-refractivity contribution in [3.8, 4) is 0 Å². The summed E-state index contributed by atoms with van der Waals surface area (Å²) in [6.07, 6.45) is 10.9. The van der Waals surface area contributed by atoms with E-state index in [1.165, 1.54) is 25.7 Å². The summed E-state index contributed by atoms with van der Waals surface area (Å²) < 4.78 is 5.37. The highest BCUT2D eigenvalue weighted by atomic mass is 16.5. The zero-order valence-corrected chi connectivity index (χ0v) is 16.3. The average molecular weight is 376 g/mol. The first-order valence-electron chi connectivity index (χ1n) is 10.7. The fourth-order valence-electron chi connectivity index (χ4n) is 6.54. The number of esters is 1. The van der Waals surface area contributed by atoms with Crippen molar-refractivity contribution in [1.82, 2.24) is 10.6 Å². The number of amides is 3. The normalized spacial score (nSPS) is 39.7. The minimum Gasteiger partial charge on any atom is -0.455 e. The summed E-state index contributed by atoms with van der Waals surface area (Å²) in [6, 6.07) is -0.370. The van der Waals surface area contributed by atoms with Gasteiger partial charge in [0.2, 0.25) is 0 Å². The molecule has 5 aliphatic rings. The summed E-state index contributed by atoms with van der Waals surface area (Å²) in [5, 5.41) is 5.20. The van der Waals surface area contributed by atoms with E-state index in [1.54, 1.807) is 0 Å². The molecule has 5 fully saturated rings. The second-order valence-corrected chi connectivity index (χ2v) is 9.66. The third-order valence-electron chi connectivity index (χ3n) is 7.49. The van der Waals surface area contributed by atoms with Crippen molar-refractivity contribution in [3.05, 3.63) is 0 Å². The molecule has 6 heteroatoms. The highest BCUT2D eigenvalue weighted by Gasteiger charge is 2.55. The van der Waals surface area contributed by atoms with E-state index >= 15 is 0 Å². The van der Waals surface area contributed by atoms with Crippen LogP contribution in [-0.2, 0) is 14.3 Å². The third-order valence-corrected chi connectivity index (χ3v) is 7.49. The molecule has 3 amide bonds. The summed E-state index contributed by atoms with van der Waals surface area (Å²) in [5.41, 5.74) is -0.366. The molecule has 5 aliphatic carbocycles. The number of hydrogen-bond donors (Lipinski definition) is 2. The van der Waals surface area contributed by atoms with Crippen molar-refractivity contribution in [2.45, 2.75) is 77.2 Å². The van der Waals surface area contributed by atoms with Crippen molar-refractivity contribution in [1.29, 1.82) is 0 Å². The third kappa shape index (κ3) is 3.99. The fraction of sp³-hybridized carbons (Fsp3) is 0.857. The van der Waals surface area contributed by atoms with Crippen LogP contribution in [0.2, 0.25) is 0 Å². The van der Waals surface area contributed by atoms with Crippen LogP contribution in [0.3, 0.4) is 0 Å². The lowest BCUT2D eigenvalue weighted by atomic mass is 9.49. The predicted octanol–water partition coefficient (Wildman–Crippen LogP) is 3.15. The molecule has 2 N–H and O–H groups in total. The first kappa shape index (κ1) is 18.8. The lowest BCUT2D eigenvalue weighted by Crippen LogP contribution is -2.51. The van der Waals surface area contributed by atoms with Gasteiger partial charge in [-0.25, -0.2) is 4.79 Å². The molecule has 6 nitrogen and oxygen atoms in total. The Morgan fingerprint density at radius 3 is 2.15 bits per heavy atom. The Hall–Kier alpha value is -1.59. The molecule has 0 aliphatic heterocycles. The van der Waals surface area contributed by atoms with Gasteiger partial charge in [0, 0.05) is 6.04 Å². The van der Waals surface area contributed by atoms with Gasteiger partial charge in [-0.15, -0.1) is 0 Å². The molecule has 0 aromatic heterocycles. The number of rotatable bonds is 4. The number of ether oxygens (including phenoxy) is 1. The van der Waals surface area contributed by atoms with Crippen LogP contribution in [0.15, 0.2) is 0 Å². The van der Waals surface area contributed by atoms with E-state index < -0.39 is 11.9 Å². The summed E-state index contributed by atoms with van der Waals surface area (Å²) in [7, 11) is 0. The van der Waals surface area contributed by atoms with Crippen LogP contribution < -0.4 is 10.6 Å². The molecule has 5 rings (SSSR count). The number of imide groups is 1. The van der Waals surface area contributed by atoms with Crippen molar-refractivity contribution >= 4 is 17.9 Å². The standard InChI is InChI=1S/C21H32N2O4/c1-13-4-2-3-5-17(13)22-20(26)23-18(24)12-27-19(25)21-9-14-6-15(10-21)8-16(7-14)11-21/h13-17H,2-12H2,1H3,(H2,22,23,24,26)/t13-,14?,15?,16?,17-,21?/m1/s1. The molecule has 0 radical (unpaired) electrons. The zero-order chi connectivity index (χ0) is 19.0. The Bertz CT molecular complexity index is 582. The summed E-state index contributed by atoms with van der Waals surface area (Å²) in [4.78, 5) is 36.9. The maximum Gasteiger partial charge on any atom is 0.321 e. The largest absolute Gasteiger partial charge is 0.455 e. The maximum atomic E-state index is 12.7. The Balaban J connectivity index is 1.23. The topological polar surface area (TPSA) is 84.5 Å². The van der Waals surface area contributed by atoms with Crippen LogP contribution in [-0.4, -0.2) is 30.6 Å². The number of nitrogens with one attached hydrogen (secondary N) is 2. The Labute approximate surface area is 161 Å². The van der Waals surface area contributed by atoms with Crippen LogP contribution in [0.25, 0.3) is 0 Å². The molecule has 5 saturated carbocycles. The van der Waals surface area contributed by atoms with Crippen molar-refractivity contribution < 1.29 is 19.1 Å². The van der Waals surface area contributed by atoms with Gasteiger partial charge >= 0.3 is 12.0 Å². The lowest BCUT2D eigenvalue weighted by molar-refractivity contribution is -0.173. The monoisotopic (exact) mass is 376 g/mol. The van der Waals surface area contributed by atoms with E-state index in [9.17, 15) is 14.4 Å². The summed E-state index contributed by atoms with van der Waals surface area (Å²) in [5.74, 6) is 1.61. The van der Waals surface area contributed by atoms with E-state index in [1.807, 2.05) is 0 Å². The second-order valence-electron chi connectivity index (χ2n) is 9.66. The molecule has 0 spiro atoms. The van der Waals surface area contributed by atoms with Gasteiger partial charge in [0.25, 0.3) is 5.91 Å². The molecule has 150 valence electrons. The highest BCUT2D eigenvalue weighted by molar-refractivity contribution is 5.95. The van der Waals surface area contributed by atoms with E-state index in [0.29, 0.717) is 23.7 Å². The molecular formula is C21H32N2O4. The van der Waals surface area contributed by atoms with Gasteiger partial charge in [-0.2, -0.15) is 0 Å². The fourth-order valence-corrected chi connectivity index (χ4v) is 6.54. The molecule has 0 heterocycles. The minimum absolute atomic E-state index is 0.112. The number of carbonyl (C=O) groups excluding carboxylic acids is 3. The zero-order valence-electron chi connectivity index (χ0n) is 16.3. The van der Waals surface area contributed by atoms with E-state index in [2.05, 4.69) is 17.6 Å². The van der Waals surface area contributed by atoms with Crippen LogP contribution >= 0.6 is 0 Å². The summed E-state index contributed by atoms with van der Waals surface area (Å²) >= 11 is 0. The summed E-state index contributed by atoms with van der Waals surface area (Å²) in [6.45, 7) is 1.76. The number of carbonyl (C=O) groups is 3. The lowest BCUT2D eigenvalue weighted by Gasteiger charge is -2.55. The van der Waals surface area contributed by atoms with Gasteiger partial charge < -0.3 is 10.1 Å². The van der Waals surface area contributed by atoms with Crippen molar-refractivity contribution in [2.75, 3.05) is 6.61 Å². The molecular weight excluding hydrogens is 344 g/mol. The minimum atomic E-state index is -0.547. The van der Waals surface area contributed by atoms with E-state index in [4.69, 9.17) is 4.74 Å². The SMILES string of the molecule is C[C@@H]1CCCC[C@H]1NC(=O)NC(=O)COC(=O)C12CC3CC(CC(C3)C1)C2. The van der Waals surface area contributed by atoms with Crippen molar-refractivity contribution in [3.63, 3.8) is 0 Å². The Kier molecular flexibility index (Phi) is 5.17. The second kappa shape index (κ2) is 7.44. The molecule has 0 aromatic rings. The van der Waals surface area contributed by atoms with Crippen molar-refractivity contribution in [2.24, 2.45) is 29.1 Å². The van der Waals surface area contributed by atoms with Gasteiger partial charge in [-0.3, -0.25) is 14.9 Å². The van der Waals surface area contributed by atoms with Gasteiger partial charge in [-0.05, 0) is 75.0 Å². The highest BCUT2D eigenvalue weighted by Crippen LogP contribution is 2.60. The molecule has 2 atom stereocenters. The van der Waals surface area contributed by atoms with Gasteiger partial charge in [0.15, 0.2) is 6.61 Å². The van der Waals surface area contributed by atoms with E-state index in [0.717, 1.165) is 38.5 Å². The predicted molar refractivity (Wildman–Crippen MR) is 99.7 cm³/mol. The smallest absolute Gasteiger partial charge is 0.321 e. The molecule has 4 bridgehead atoms. The molecule has 0 aromatic carbocycles. The Morgan fingerprint density at radius 1 is 0.963 bits per heavy atom. The maximum absolute atomic E-state index is 12.7. The van der Waals surface area contributed by atoms with E-state index in [-0.39, 0.29) is 24.0 Å². The number of urea groups is 1. The quantitative estimate of drug-likeness (QED) is 0.738. The number of hydrogen-bond acceptors (Lipinski definition) is 4. The first-order valence-corrected chi connectivity index (χ1v) is 10.7. The Morgan fingerprint density at radius 2 is 1.56 bits per heavy atom. The van der Waals surface area contributed by atoms with Gasteiger partial charge in [0.05, 0.1) is 5.41 Å². The molecule has 0 unspecified atom stereocenters. The molecule has 0 saturated heterocycles. The average Bonchev–Trinajstić information content (AvgIpc) is 2.60. The molecule has 27 heavy (non-hydrogen) atoms. The van der Waals surface area contributed by atoms with Gasteiger partial charge in [-0.1, -0.05) is 19.8 Å². The van der Waals surface area contributed by atoms with Crippen LogP contribution in [0, 0.1) is 29.1 Å².